The van der Waals surface area contributed by atoms with E-state index in [0.717, 1.165) is 0 Å². The van der Waals surface area contributed by atoms with Gasteiger partial charge in [0, 0.05) is 17.4 Å². The molecule has 0 spiro atoms. The number of rotatable bonds is 4. The number of pyridine rings is 1. The number of aromatic nitrogens is 1. The quantitative estimate of drug-likeness (QED) is 0.434. The molecule has 1 saturated heterocycles. The van der Waals surface area contributed by atoms with Crippen LogP contribution in [0.25, 0.3) is 22.2 Å². The smallest absolute Gasteiger partial charge is 0.338 e. The standard InChI is InChI=1S/C21H15Cl3N2O3/c22-15-7-6-13(19(23)20(15)24)17-9-14(12-3-1-2-4-16(12)26-17)21(28)29-10-11-5-8-18(27)25-11/h1-4,6-7,9,11H,5,8,10H2,(H,25,27)/t11-/m1/s1. The number of hydrogen-bond acceptors (Lipinski definition) is 4. The molecule has 2 aromatic carbocycles. The summed E-state index contributed by atoms with van der Waals surface area (Å²) in [6.07, 6.45) is 1.09. The minimum atomic E-state index is -0.498. The highest BCUT2D eigenvalue weighted by atomic mass is 35.5. The maximum Gasteiger partial charge on any atom is 0.338 e. The number of halogens is 3. The van der Waals surface area contributed by atoms with Crippen LogP contribution in [0.5, 0.6) is 0 Å². The molecule has 1 amide bonds. The van der Waals surface area contributed by atoms with Crippen LogP contribution in [-0.4, -0.2) is 29.5 Å². The van der Waals surface area contributed by atoms with E-state index in [9.17, 15) is 9.59 Å². The summed E-state index contributed by atoms with van der Waals surface area (Å²) in [7, 11) is 0. The molecule has 0 saturated carbocycles. The Labute approximate surface area is 181 Å². The van der Waals surface area contributed by atoms with E-state index in [4.69, 9.17) is 39.5 Å². The van der Waals surface area contributed by atoms with Gasteiger partial charge in [0.1, 0.15) is 6.61 Å². The van der Waals surface area contributed by atoms with E-state index in [0.29, 0.717) is 45.6 Å². The lowest BCUT2D eigenvalue weighted by Gasteiger charge is -2.14. The van der Waals surface area contributed by atoms with Gasteiger partial charge in [0.25, 0.3) is 0 Å². The third-order valence-electron chi connectivity index (χ3n) is 4.75. The number of esters is 1. The van der Waals surface area contributed by atoms with Crippen molar-refractivity contribution in [1.82, 2.24) is 10.3 Å². The van der Waals surface area contributed by atoms with Crippen LogP contribution in [0.3, 0.4) is 0 Å². The van der Waals surface area contributed by atoms with Gasteiger partial charge in [-0.25, -0.2) is 9.78 Å². The maximum absolute atomic E-state index is 12.8. The van der Waals surface area contributed by atoms with Crippen LogP contribution in [0.1, 0.15) is 23.2 Å². The molecule has 1 aromatic heterocycles. The Morgan fingerprint density at radius 3 is 2.69 bits per heavy atom. The Hall–Kier alpha value is -2.34. The van der Waals surface area contributed by atoms with E-state index in [2.05, 4.69) is 10.3 Å². The third-order valence-corrected chi connectivity index (χ3v) is 6.04. The molecule has 1 aliphatic rings. The van der Waals surface area contributed by atoms with Gasteiger partial charge in [0.15, 0.2) is 0 Å². The van der Waals surface area contributed by atoms with Gasteiger partial charge in [0.05, 0.1) is 37.9 Å². The molecule has 0 bridgehead atoms. The summed E-state index contributed by atoms with van der Waals surface area (Å²) in [4.78, 5) is 28.8. The number of fused-ring (bicyclic) bond motifs is 1. The van der Waals surface area contributed by atoms with Crippen LogP contribution in [-0.2, 0) is 9.53 Å². The molecule has 0 aliphatic carbocycles. The van der Waals surface area contributed by atoms with Gasteiger partial charge in [-0.2, -0.15) is 0 Å². The zero-order valence-corrected chi connectivity index (χ0v) is 17.3. The first-order valence-electron chi connectivity index (χ1n) is 8.94. The van der Waals surface area contributed by atoms with Gasteiger partial charge in [-0.05, 0) is 30.7 Å². The van der Waals surface area contributed by atoms with E-state index in [1.807, 2.05) is 12.1 Å². The second-order valence-corrected chi connectivity index (χ2v) is 7.86. The van der Waals surface area contributed by atoms with E-state index in [1.165, 1.54) is 0 Å². The summed E-state index contributed by atoms with van der Waals surface area (Å²) < 4.78 is 5.47. The van der Waals surface area contributed by atoms with Crippen molar-refractivity contribution in [2.24, 2.45) is 0 Å². The highest BCUT2D eigenvalue weighted by Crippen LogP contribution is 2.38. The van der Waals surface area contributed by atoms with Crippen molar-refractivity contribution in [3.8, 4) is 11.3 Å². The first-order valence-corrected chi connectivity index (χ1v) is 10.1. The number of carbonyl (C=O) groups is 2. The summed E-state index contributed by atoms with van der Waals surface area (Å²) >= 11 is 18.6. The Morgan fingerprint density at radius 1 is 1.14 bits per heavy atom. The highest BCUT2D eigenvalue weighted by molar-refractivity contribution is 6.49. The molecule has 1 N–H and O–H groups in total. The van der Waals surface area contributed by atoms with Crippen LogP contribution >= 0.6 is 34.8 Å². The Bertz CT molecular complexity index is 1130. The van der Waals surface area contributed by atoms with Crippen molar-refractivity contribution in [2.75, 3.05) is 6.61 Å². The minimum Gasteiger partial charge on any atom is -0.460 e. The molecular formula is C21H15Cl3N2O3. The summed E-state index contributed by atoms with van der Waals surface area (Å²) in [6.45, 7) is 0.115. The lowest BCUT2D eigenvalue weighted by molar-refractivity contribution is -0.119. The SMILES string of the molecule is O=C1CC[C@H](COC(=O)c2cc(-c3ccc(Cl)c(Cl)c3Cl)nc3ccccc23)N1. The number of amides is 1. The summed E-state index contributed by atoms with van der Waals surface area (Å²) in [5, 5.41) is 4.26. The lowest BCUT2D eigenvalue weighted by Crippen LogP contribution is -2.30. The topological polar surface area (TPSA) is 68.3 Å². The fraction of sp³-hybridized carbons (Fsp3) is 0.190. The lowest BCUT2D eigenvalue weighted by atomic mass is 10.0. The van der Waals surface area contributed by atoms with Crippen molar-refractivity contribution in [3.05, 3.63) is 63.1 Å². The van der Waals surface area contributed by atoms with Crippen LogP contribution < -0.4 is 5.32 Å². The van der Waals surface area contributed by atoms with E-state index >= 15 is 0 Å². The molecule has 0 radical (unpaired) electrons. The van der Waals surface area contributed by atoms with E-state index in [-0.39, 0.29) is 28.6 Å². The van der Waals surface area contributed by atoms with Crippen LogP contribution in [0.15, 0.2) is 42.5 Å². The van der Waals surface area contributed by atoms with Gasteiger partial charge in [0.2, 0.25) is 5.91 Å². The Morgan fingerprint density at radius 2 is 1.93 bits per heavy atom. The van der Waals surface area contributed by atoms with Crippen molar-refractivity contribution in [2.45, 2.75) is 18.9 Å². The number of ether oxygens (including phenoxy) is 1. The van der Waals surface area contributed by atoms with Crippen molar-refractivity contribution in [3.63, 3.8) is 0 Å². The first kappa shape index (κ1) is 20.0. The molecule has 1 atom stereocenters. The van der Waals surface area contributed by atoms with E-state index in [1.54, 1.807) is 30.3 Å². The number of hydrogen-bond donors (Lipinski definition) is 1. The van der Waals surface area contributed by atoms with Gasteiger partial charge in [-0.15, -0.1) is 0 Å². The average Bonchev–Trinajstić information content (AvgIpc) is 3.14. The largest absolute Gasteiger partial charge is 0.460 e. The summed E-state index contributed by atoms with van der Waals surface area (Å²) in [5.74, 6) is -0.529. The van der Waals surface area contributed by atoms with Crippen molar-refractivity contribution >= 4 is 57.6 Å². The normalized spacial score (nSPS) is 16.1. The molecule has 2 heterocycles. The predicted octanol–water partition coefficient (Wildman–Crippen LogP) is 5.30. The zero-order chi connectivity index (χ0) is 20.5. The monoisotopic (exact) mass is 448 g/mol. The second kappa shape index (κ2) is 8.19. The third kappa shape index (κ3) is 4.04. The highest BCUT2D eigenvalue weighted by Gasteiger charge is 2.23. The number of carbonyl (C=O) groups excluding carboxylic acids is 2. The van der Waals surface area contributed by atoms with Gasteiger partial charge >= 0.3 is 5.97 Å². The molecule has 0 unspecified atom stereocenters. The average molecular weight is 450 g/mol. The fourth-order valence-electron chi connectivity index (χ4n) is 3.26. The molecule has 4 rings (SSSR count). The summed E-state index contributed by atoms with van der Waals surface area (Å²) in [6, 6.07) is 12.1. The van der Waals surface area contributed by atoms with Gasteiger partial charge in [-0.3, -0.25) is 4.79 Å². The second-order valence-electron chi connectivity index (χ2n) is 6.70. The molecule has 29 heavy (non-hydrogen) atoms. The molecule has 3 aromatic rings. The molecule has 8 heteroatoms. The predicted molar refractivity (Wildman–Crippen MR) is 114 cm³/mol. The molecule has 1 aliphatic heterocycles. The van der Waals surface area contributed by atoms with E-state index < -0.39 is 5.97 Å². The van der Waals surface area contributed by atoms with Crippen LogP contribution in [0.2, 0.25) is 15.1 Å². The zero-order valence-electron chi connectivity index (χ0n) is 15.0. The number of benzene rings is 2. The van der Waals surface area contributed by atoms with Crippen LogP contribution in [0.4, 0.5) is 0 Å². The first-order chi connectivity index (χ1) is 13.9. The minimum absolute atomic E-state index is 0.0306. The summed E-state index contributed by atoms with van der Waals surface area (Å²) in [5.41, 5.74) is 2.02. The van der Waals surface area contributed by atoms with Crippen molar-refractivity contribution < 1.29 is 14.3 Å². The number of nitrogens with one attached hydrogen (secondary N) is 1. The Kier molecular flexibility index (Phi) is 5.63. The Balaban J connectivity index is 1.72. The number of nitrogens with zero attached hydrogens (tertiary/aromatic N) is 1. The molecule has 148 valence electrons. The molecule has 5 nitrogen and oxygen atoms in total. The maximum atomic E-state index is 12.8. The molecule has 1 fully saturated rings. The van der Waals surface area contributed by atoms with Gasteiger partial charge < -0.3 is 10.1 Å². The van der Waals surface area contributed by atoms with Gasteiger partial charge in [-0.1, -0.05) is 53.0 Å². The number of para-hydroxylation sites is 1. The van der Waals surface area contributed by atoms with Crippen molar-refractivity contribution in [1.29, 1.82) is 0 Å². The molecular weight excluding hydrogens is 435 g/mol. The van der Waals surface area contributed by atoms with Crippen LogP contribution in [0, 0.1) is 0 Å². The fourth-order valence-corrected chi connectivity index (χ4v) is 3.89.